The number of hydrogen-bond donors (Lipinski definition) is 4. The van der Waals surface area contributed by atoms with Crippen LogP contribution in [0.4, 0.5) is 0 Å². The summed E-state index contributed by atoms with van der Waals surface area (Å²) >= 11 is -2.94. The van der Waals surface area contributed by atoms with Crippen LogP contribution in [0, 0.1) is 0 Å². The van der Waals surface area contributed by atoms with Gasteiger partial charge in [0.15, 0.2) is 0 Å². The van der Waals surface area contributed by atoms with E-state index in [-0.39, 0.29) is 30.3 Å². The van der Waals surface area contributed by atoms with E-state index >= 15 is 0 Å². The molecule has 0 amide bonds. The molecule has 0 spiro atoms. The minimum atomic E-state index is -2.94. The van der Waals surface area contributed by atoms with Gasteiger partial charge in [-0.05, 0) is 0 Å². The Morgan fingerprint density at radius 1 is 0.750 bits per heavy atom. The van der Waals surface area contributed by atoms with Crippen LogP contribution in [-0.2, 0) is 17.1 Å². The first-order valence-corrected chi connectivity index (χ1v) is 5.98. The molecule has 0 rings (SSSR count). The molecule has 0 atom stereocenters. The number of nitrogens with two attached hydrogens (primary N) is 4. The van der Waals surface area contributed by atoms with E-state index in [2.05, 4.69) is 0 Å². The van der Waals surface area contributed by atoms with Gasteiger partial charge in [0.2, 0.25) is 0 Å². The average Bonchev–Trinajstić information content (AvgIpc) is 0.722. The fourth-order valence-electron chi connectivity index (χ4n) is 0. The zero-order chi connectivity index (χ0) is 4.50. The summed E-state index contributed by atoms with van der Waals surface area (Å²) in [4.78, 5) is 0. The molecule has 0 aliphatic rings. The predicted molar refractivity (Wildman–Crippen MR) is 20.4 cm³/mol. The maximum atomic E-state index is 4.87. The summed E-state index contributed by atoms with van der Waals surface area (Å²) < 4.78 is 19.5. The molecule has 0 aliphatic carbocycles. The minimum absolute atomic E-state index is 0. The van der Waals surface area contributed by atoms with E-state index in [9.17, 15) is 0 Å². The molecule has 0 saturated heterocycles. The van der Waals surface area contributed by atoms with Gasteiger partial charge in [-0.25, -0.2) is 0 Å². The summed E-state index contributed by atoms with van der Waals surface area (Å²) in [5, 5.41) is 0. The van der Waals surface area contributed by atoms with Crippen LogP contribution in [0.15, 0.2) is 0 Å². The third-order valence-corrected chi connectivity index (χ3v) is 0. The Balaban J connectivity index is -0.0000000267. The average molecular weight is 348 g/mol. The summed E-state index contributed by atoms with van der Waals surface area (Å²) in [6.45, 7) is 0. The molecular weight excluding hydrogens is 338 g/mol. The number of halogens is 2. The Morgan fingerprint density at radius 2 is 0.750 bits per heavy atom. The van der Waals surface area contributed by atoms with Gasteiger partial charge < -0.3 is 30.3 Å². The molecule has 0 unspecified atom stereocenters. The predicted octanol–water partition coefficient (Wildman–Crippen LogP) is -9.18. The van der Waals surface area contributed by atoms with Gasteiger partial charge in [0, 0.05) is 0 Å². The van der Waals surface area contributed by atoms with Crippen molar-refractivity contribution in [2.45, 2.75) is 0 Å². The van der Waals surface area contributed by atoms with Crippen molar-refractivity contribution in [1.82, 2.24) is 0 Å². The van der Waals surface area contributed by atoms with Gasteiger partial charge in [0.1, 0.15) is 0 Å². The fourth-order valence-corrected chi connectivity index (χ4v) is 0. The van der Waals surface area contributed by atoms with Crippen molar-refractivity contribution < 1.29 is 47.4 Å². The molecule has 0 aliphatic heterocycles. The van der Waals surface area contributed by atoms with Crippen molar-refractivity contribution in [3.63, 3.8) is 0 Å². The van der Waals surface area contributed by atoms with Crippen molar-refractivity contribution in [1.29, 1.82) is 0 Å². The third-order valence-electron chi connectivity index (χ3n) is 0. The second kappa shape index (κ2) is 8.07. The fraction of sp³-hybridized carbons (Fsp3) is 0. The van der Waals surface area contributed by atoms with Crippen LogP contribution in [0.5, 0.6) is 0 Å². The zero-order valence-corrected chi connectivity index (χ0v) is 7.67. The number of rotatable bonds is 0. The Morgan fingerprint density at radius 3 is 0.750 bits per heavy atom. The first-order chi connectivity index (χ1) is 2.00. The molecule has 0 heterocycles. The van der Waals surface area contributed by atoms with Crippen molar-refractivity contribution in [3.8, 4) is 0 Å². The second-order valence-electron chi connectivity index (χ2n) is 0.632. The first-order valence-electron chi connectivity index (χ1n) is 0.730. The van der Waals surface area contributed by atoms with Gasteiger partial charge in [-0.3, -0.25) is 0 Å². The molecule has 0 fully saturated rings. The quantitative estimate of drug-likeness (QED) is 0.346. The summed E-state index contributed by atoms with van der Waals surface area (Å²) in [6, 6.07) is 0. The summed E-state index contributed by atoms with van der Waals surface area (Å²) in [6.07, 6.45) is 0. The Kier molecular flexibility index (Phi) is 23.2. The summed E-state index contributed by atoms with van der Waals surface area (Å²) in [5.41, 5.74) is 0. The standard InChI is InChI=1S/2ClH.4H2N.H2O.Pt/h2*1H;5*1H2;/q;;4*-1;;+6/p-2. The molecule has 10 N–H and O–H groups in total. The topological polar surface area (TPSA) is 136 Å². The summed E-state index contributed by atoms with van der Waals surface area (Å²) in [5.74, 6) is 0. The van der Waals surface area contributed by atoms with Crippen LogP contribution < -0.4 is 42.0 Å². The van der Waals surface area contributed by atoms with E-state index in [1.165, 1.54) is 0 Å². The molecule has 0 aromatic heterocycles. The Bertz CT molecular complexity index is 29.5. The molecule has 0 radical (unpaired) electrons. The van der Waals surface area contributed by atoms with Gasteiger partial charge in [0.25, 0.3) is 0 Å². The monoisotopic (exact) mass is 347 g/mol. The Hall–Kier alpha value is 1.07. The molecule has 60 valence electrons. The normalized spacial score (nSPS) is 9.50. The molecule has 0 bridgehead atoms. The SMILES string of the molecule is O.[Cl-].[Cl-].[NH2][Pt+2]([NH2])([NH2])[NH2]. The van der Waals surface area contributed by atoms with E-state index in [1.807, 2.05) is 0 Å². The van der Waals surface area contributed by atoms with Gasteiger partial charge in [-0.2, -0.15) is 0 Å². The van der Waals surface area contributed by atoms with Crippen molar-refractivity contribution in [3.05, 3.63) is 0 Å². The number of hydrogen-bond acceptors (Lipinski definition) is 4. The van der Waals surface area contributed by atoms with Crippen molar-refractivity contribution >= 4 is 0 Å². The van der Waals surface area contributed by atoms with E-state index in [0.717, 1.165) is 0 Å². The van der Waals surface area contributed by atoms with Crippen LogP contribution in [0.2, 0.25) is 0 Å². The molecular formula is H10Cl2N4OPt. The van der Waals surface area contributed by atoms with Crippen LogP contribution in [-0.4, -0.2) is 5.48 Å². The molecule has 8 heteroatoms. The van der Waals surface area contributed by atoms with Crippen molar-refractivity contribution in [2.24, 2.45) is 17.2 Å². The maximum absolute atomic E-state index is 4.87. The summed E-state index contributed by atoms with van der Waals surface area (Å²) in [7, 11) is 0. The van der Waals surface area contributed by atoms with Crippen LogP contribution in [0.1, 0.15) is 0 Å². The van der Waals surface area contributed by atoms with Gasteiger partial charge in [-0.1, -0.05) is 0 Å². The molecule has 8 heavy (non-hydrogen) atoms. The Labute approximate surface area is 64.7 Å². The van der Waals surface area contributed by atoms with Gasteiger partial charge in [-0.15, -0.1) is 0 Å². The molecule has 5 nitrogen and oxygen atoms in total. The molecule has 0 saturated carbocycles. The molecule has 0 aromatic rings. The van der Waals surface area contributed by atoms with E-state index in [0.29, 0.717) is 0 Å². The second-order valence-corrected chi connectivity index (χ2v) is 5.18. The van der Waals surface area contributed by atoms with Crippen molar-refractivity contribution in [2.75, 3.05) is 0 Å². The first kappa shape index (κ1) is 23.0. The third kappa shape index (κ3) is 228. The van der Waals surface area contributed by atoms with Crippen LogP contribution >= 0.6 is 0 Å². The van der Waals surface area contributed by atoms with Crippen LogP contribution in [0.3, 0.4) is 0 Å². The van der Waals surface area contributed by atoms with Gasteiger partial charge in [0.05, 0.1) is 0 Å². The van der Waals surface area contributed by atoms with E-state index in [1.54, 1.807) is 0 Å². The zero-order valence-electron chi connectivity index (χ0n) is 3.88. The molecule has 0 aromatic carbocycles. The van der Waals surface area contributed by atoms with E-state index in [4.69, 9.17) is 17.2 Å². The van der Waals surface area contributed by atoms with Crippen LogP contribution in [0.25, 0.3) is 0 Å². The van der Waals surface area contributed by atoms with E-state index < -0.39 is 17.1 Å². The van der Waals surface area contributed by atoms with Gasteiger partial charge >= 0.3 is 34.2 Å².